The third kappa shape index (κ3) is 3.10. The molecular weight excluding hydrogens is 308 g/mol. The molecule has 1 atom stereocenters. The molecule has 23 heavy (non-hydrogen) atoms. The van der Waals surface area contributed by atoms with Crippen LogP contribution in [0.3, 0.4) is 0 Å². The fourth-order valence-electron chi connectivity index (χ4n) is 2.86. The fraction of sp³-hybridized carbons (Fsp3) is 0.562. The van der Waals surface area contributed by atoms with Crippen molar-refractivity contribution in [2.45, 2.75) is 18.9 Å². The number of fused-ring (bicyclic) bond motifs is 1. The van der Waals surface area contributed by atoms with Crippen LogP contribution in [0.2, 0.25) is 0 Å². The third-order valence-electron chi connectivity index (χ3n) is 4.27. The lowest BCUT2D eigenvalue weighted by atomic mass is 9.99. The van der Waals surface area contributed by atoms with E-state index < -0.39 is 17.7 Å². The van der Waals surface area contributed by atoms with Gasteiger partial charge in [0, 0.05) is 24.8 Å². The van der Waals surface area contributed by atoms with Gasteiger partial charge < -0.3 is 19.1 Å². The number of nitrogens with zero attached hydrogens (tertiary/aromatic N) is 1. The number of hydrogen-bond donors (Lipinski definition) is 0. The molecular formula is C16H19F2NO4. The monoisotopic (exact) mass is 327 g/mol. The Morgan fingerprint density at radius 2 is 2.22 bits per heavy atom. The van der Waals surface area contributed by atoms with Crippen molar-refractivity contribution in [2.24, 2.45) is 5.92 Å². The second kappa shape index (κ2) is 6.31. The topological polar surface area (TPSA) is 48.0 Å². The Morgan fingerprint density at radius 3 is 2.91 bits per heavy atom. The maximum absolute atomic E-state index is 14.4. The maximum atomic E-state index is 14.4. The minimum Gasteiger partial charge on any atom is -0.497 e. The van der Waals surface area contributed by atoms with Gasteiger partial charge in [-0.3, -0.25) is 4.79 Å². The highest BCUT2D eigenvalue weighted by Gasteiger charge is 2.50. The van der Waals surface area contributed by atoms with Crippen molar-refractivity contribution < 1.29 is 27.8 Å². The smallest absolute Gasteiger partial charge is 0.329 e. The Morgan fingerprint density at radius 1 is 1.39 bits per heavy atom. The summed E-state index contributed by atoms with van der Waals surface area (Å²) in [4.78, 5) is 13.5. The summed E-state index contributed by atoms with van der Waals surface area (Å²) in [5, 5.41) is 0. The highest BCUT2D eigenvalue weighted by Crippen LogP contribution is 2.35. The van der Waals surface area contributed by atoms with E-state index in [4.69, 9.17) is 14.2 Å². The van der Waals surface area contributed by atoms with Gasteiger partial charge in [-0.25, -0.2) is 0 Å². The van der Waals surface area contributed by atoms with Crippen molar-refractivity contribution in [1.82, 2.24) is 4.90 Å². The first-order chi connectivity index (χ1) is 11.0. The molecule has 0 radical (unpaired) electrons. The molecule has 1 fully saturated rings. The van der Waals surface area contributed by atoms with Crippen molar-refractivity contribution in [3.8, 4) is 11.5 Å². The molecule has 1 saturated heterocycles. The van der Waals surface area contributed by atoms with Crippen LogP contribution < -0.4 is 9.47 Å². The standard InChI is InChI=1S/C16H19F2NO4/c1-21-13-3-2-11-9-19(5-7-23-14(11)8-13)15(20)16(17,18)12-4-6-22-10-12/h2-3,8,12H,4-7,9-10H2,1H3. The van der Waals surface area contributed by atoms with Gasteiger partial charge in [-0.1, -0.05) is 0 Å². The van der Waals surface area contributed by atoms with Crippen molar-refractivity contribution in [3.63, 3.8) is 0 Å². The molecule has 1 aromatic carbocycles. The number of carbonyl (C=O) groups excluding carboxylic acids is 1. The number of hydrogen-bond acceptors (Lipinski definition) is 4. The highest BCUT2D eigenvalue weighted by molar-refractivity contribution is 5.84. The van der Waals surface area contributed by atoms with Crippen LogP contribution in [0.4, 0.5) is 8.78 Å². The largest absolute Gasteiger partial charge is 0.497 e. The van der Waals surface area contributed by atoms with Gasteiger partial charge in [-0.15, -0.1) is 0 Å². The molecule has 3 rings (SSSR count). The van der Waals surface area contributed by atoms with Crippen LogP contribution >= 0.6 is 0 Å². The normalized spacial score (nSPS) is 21.3. The van der Waals surface area contributed by atoms with Crippen LogP contribution in [-0.2, 0) is 16.1 Å². The molecule has 0 spiro atoms. The van der Waals surface area contributed by atoms with E-state index in [0.717, 1.165) is 4.90 Å². The second-order valence-corrected chi connectivity index (χ2v) is 5.73. The van der Waals surface area contributed by atoms with Crippen LogP contribution in [0.5, 0.6) is 11.5 Å². The summed E-state index contributed by atoms with van der Waals surface area (Å²) in [6.07, 6.45) is 0.205. The molecule has 0 bridgehead atoms. The number of alkyl halides is 2. The SMILES string of the molecule is COc1ccc2c(c1)OCCN(C(=O)C(F)(F)C1CCOC1)C2. The predicted octanol–water partition coefficient (Wildman–Crippen LogP) is 2.09. The molecule has 2 heterocycles. The zero-order chi connectivity index (χ0) is 16.4. The Hall–Kier alpha value is -1.89. The van der Waals surface area contributed by atoms with E-state index in [9.17, 15) is 13.6 Å². The van der Waals surface area contributed by atoms with Crippen LogP contribution in [0.25, 0.3) is 0 Å². The minimum atomic E-state index is -3.41. The van der Waals surface area contributed by atoms with E-state index in [-0.39, 0.29) is 39.3 Å². The Bertz CT molecular complexity index is 587. The first kappa shape index (κ1) is 16.0. The van der Waals surface area contributed by atoms with E-state index >= 15 is 0 Å². The minimum absolute atomic E-state index is 0.0726. The summed E-state index contributed by atoms with van der Waals surface area (Å²) < 4.78 is 44.5. The van der Waals surface area contributed by atoms with Gasteiger partial charge in [0.1, 0.15) is 18.1 Å². The van der Waals surface area contributed by atoms with Crippen LogP contribution in [0, 0.1) is 5.92 Å². The van der Waals surface area contributed by atoms with E-state index in [0.29, 0.717) is 17.1 Å². The summed E-state index contributed by atoms with van der Waals surface area (Å²) in [7, 11) is 1.54. The summed E-state index contributed by atoms with van der Waals surface area (Å²) in [5.41, 5.74) is 0.690. The van der Waals surface area contributed by atoms with E-state index in [1.165, 1.54) is 0 Å². The molecule has 126 valence electrons. The highest BCUT2D eigenvalue weighted by atomic mass is 19.3. The van der Waals surface area contributed by atoms with Crippen molar-refractivity contribution >= 4 is 5.91 Å². The Kier molecular flexibility index (Phi) is 4.39. The van der Waals surface area contributed by atoms with Crippen LogP contribution in [0.15, 0.2) is 18.2 Å². The van der Waals surface area contributed by atoms with Crippen molar-refractivity contribution in [3.05, 3.63) is 23.8 Å². The Labute approximate surface area is 133 Å². The number of benzene rings is 1. The molecule has 2 aliphatic heterocycles. The lowest BCUT2D eigenvalue weighted by Gasteiger charge is -2.28. The average molecular weight is 327 g/mol. The molecule has 2 aliphatic rings. The zero-order valence-corrected chi connectivity index (χ0v) is 12.9. The van der Waals surface area contributed by atoms with Gasteiger partial charge >= 0.3 is 5.92 Å². The summed E-state index contributed by atoms with van der Waals surface area (Å²) in [6.45, 7) is 0.597. The van der Waals surface area contributed by atoms with Crippen molar-refractivity contribution in [2.75, 3.05) is 33.5 Å². The maximum Gasteiger partial charge on any atom is 0.329 e. The van der Waals surface area contributed by atoms with E-state index in [1.807, 2.05) is 0 Å². The summed E-state index contributed by atoms with van der Waals surface area (Å²) in [5.74, 6) is -4.42. The molecule has 7 heteroatoms. The van der Waals surface area contributed by atoms with Gasteiger partial charge in [-0.05, 0) is 18.6 Å². The molecule has 1 amide bonds. The molecule has 0 saturated carbocycles. The zero-order valence-electron chi connectivity index (χ0n) is 12.9. The lowest BCUT2D eigenvalue weighted by molar-refractivity contribution is -0.166. The molecule has 0 aromatic heterocycles. The summed E-state index contributed by atoms with van der Waals surface area (Å²) in [6, 6.07) is 5.15. The van der Waals surface area contributed by atoms with Gasteiger partial charge in [0.05, 0.1) is 26.2 Å². The average Bonchev–Trinajstić information content (AvgIpc) is 3.01. The molecule has 0 aliphatic carbocycles. The number of halogens is 2. The van der Waals surface area contributed by atoms with Crippen LogP contribution in [-0.4, -0.2) is 50.2 Å². The molecule has 1 aromatic rings. The van der Waals surface area contributed by atoms with Crippen molar-refractivity contribution in [1.29, 1.82) is 0 Å². The number of amides is 1. The van der Waals surface area contributed by atoms with Gasteiger partial charge in [0.25, 0.3) is 5.91 Å². The first-order valence-electron chi connectivity index (χ1n) is 7.57. The number of ether oxygens (including phenoxy) is 3. The molecule has 0 N–H and O–H groups in total. The van der Waals surface area contributed by atoms with E-state index in [2.05, 4.69) is 0 Å². The lowest BCUT2D eigenvalue weighted by Crippen LogP contribution is -2.48. The van der Waals surface area contributed by atoms with E-state index in [1.54, 1.807) is 25.3 Å². The quantitative estimate of drug-likeness (QED) is 0.853. The van der Waals surface area contributed by atoms with Crippen LogP contribution in [0.1, 0.15) is 12.0 Å². The second-order valence-electron chi connectivity index (χ2n) is 5.73. The Balaban J connectivity index is 1.78. The fourth-order valence-corrected chi connectivity index (χ4v) is 2.86. The predicted molar refractivity (Wildman–Crippen MR) is 77.8 cm³/mol. The van der Waals surface area contributed by atoms with Gasteiger partial charge in [-0.2, -0.15) is 8.78 Å². The number of carbonyl (C=O) groups is 1. The first-order valence-corrected chi connectivity index (χ1v) is 7.57. The molecule has 5 nitrogen and oxygen atoms in total. The van der Waals surface area contributed by atoms with Gasteiger partial charge in [0.2, 0.25) is 0 Å². The summed E-state index contributed by atoms with van der Waals surface area (Å²) >= 11 is 0. The number of methoxy groups -OCH3 is 1. The number of rotatable bonds is 3. The molecule has 1 unspecified atom stereocenters. The van der Waals surface area contributed by atoms with Gasteiger partial charge in [0.15, 0.2) is 0 Å². The third-order valence-corrected chi connectivity index (χ3v) is 4.27.